The van der Waals surface area contributed by atoms with Gasteiger partial charge in [0.1, 0.15) is 5.01 Å². The molecule has 6 nitrogen and oxygen atoms in total. The quantitative estimate of drug-likeness (QED) is 0.367. The number of carbonyl (C=O) groups is 1. The molecule has 1 N–H and O–H groups in total. The highest BCUT2D eigenvalue weighted by molar-refractivity contribution is 7.98. The van der Waals surface area contributed by atoms with E-state index in [-0.39, 0.29) is 16.9 Å². The van der Waals surface area contributed by atoms with E-state index in [0.29, 0.717) is 22.0 Å². The molecule has 1 amide bonds. The van der Waals surface area contributed by atoms with Crippen molar-refractivity contribution < 1.29 is 4.79 Å². The van der Waals surface area contributed by atoms with Gasteiger partial charge >= 0.3 is 0 Å². The Bertz CT molecular complexity index is 1350. The number of fused-ring (bicyclic) bond motifs is 1. The van der Waals surface area contributed by atoms with Gasteiger partial charge in [-0.05, 0) is 41.7 Å². The van der Waals surface area contributed by atoms with E-state index >= 15 is 0 Å². The summed E-state index contributed by atoms with van der Waals surface area (Å²) >= 11 is 2.97. The molecule has 4 aromatic rings. The van der Waals surface area contributed by atoms with E-state index < -0.39 is 0 Å². The van der Waals surface area contributed by atoms with E-state index in [2.05, 4.69) is 36.2 Å². The molecule has 2 aromatic heterocycles. The number of anilines is 1. The first-order valence-corrected chi connectivity index (χ1v) is 12.6. The molecule has 0 unspecified atom stereocenters. The van der Waals surface area contributed by atoms with E-state index in [1.165, 1.54) is 39.2 Å². The molecule has 0 radical (unpaired) electrons. The largest absolute Gasteiger partial charge is 0.321 e. The Kier molecular flexibility index (Phi) is 6.67. The lowest BCUT2D eigenvalue weighted by atomic mass is 9.87. The van der Waals surface area contributed by atoms with Crippen LogP contribution in [0.2, 0.25) is 0 Å². The first-order chi connectivity index (χ1) is 15.7. The number of amides is 1. The van der Waals surface area contributed by atoms with E-state index in [0.717, 1.165) is 22.0 Å². The summed E-state index contributed by atoms with van der Waals surface area (Å²) in [5.74, 6) is 0.358. The average molecular weight is 479 g/mol. The van der Waals surface area contributed by atoms with Gasteiger partial charge in [-0.1, -0.05) is 63.3 Å². The maximum Gasteiger partial charge on any atom is 0.275 e. The summed E-state index contributed by atoms with van der Waals surface area (Å²) in [4.78, 5) is 31.4. The number of thioether (sulfide) groups is 1. The van der Waals surface area contributed by atoms with E-state index in [1.54, 1.807) is 0 Å². The van der Waals surface area contributed by atoms with Crippen molar-refractivity contribution in [2.45, 2.75) is 50.2 Å². The van der Waals surface area contributed by atoms with Crippen molar-refractivity contribution in [3.8, 4) is 0 Å². The van der Waals surface area contributed by atoms with Crippen molar-refractivity contribution in [1.29, 1.82) is 0 Å². The number of nitrogens with zero attached hydrogens (tertiary/aromatic N) is 3. The molecule has 0 saturated heterocycles. The normalized spacial score (nSPS) is 11.6. The van der Waals surface area contributed by atoms with E-state index in [4.69, 9.17) is 0 Å². The third-order valence-electron chi connectivity index (χ3n) is 5.17. The van der Waals surface area contributed by atoms with Crippen LogP contribution in [0.4, 0.5) is 5.69 Å². The van der Waals surface area contributed by atoms with Gasteiger partial charge in [0.25, 0.3) is 11.5 Å². The fraction of sp³-hybridized carbons (Fsp3) is 0.280. The van der Waals surface area contributed by atoms with Gasteiger partial charge in [-0.15, -0.1) is 11.8 Å². The van der Waals surface area contributed by atoms with Crippen molar-refractivity contribution in [1.82, 2.24) is 14.6 Å². The minimum Gasteiger partial charge on any atom is -0.321 e. The average Bonchev–Trinajstić information content (AvgIpc) is 3.22. The first-order valence-electron chi connectivity index (χ1n) is 10.8. The fourth-order valence-electron chi connectivity index (χ4n) is 3.28. The van der Waals surface area contributed by atoms with Gasteiger partial charge in [0.2, 0.25) is 4.96 Å². The number of benzene rings is 2. The van der Waals surface area contributed by atoms with E-state index in [1.807, 2.05) is 55.5 Å². The minimum atomic E-state index is -0.174. The molecule has 0 fully saturated rings. The lowest BCUT2D eigenvalue weighted by molar-refractivity contribution is 0.102. The summed E-state index contributed by atoms with van der Waals surface area (Å²) in [5.41, 5.74) is 3.08. The summed E-state index contributed by atoms with van der Waals surface area (Å²) in [7, 11) is 0. The lowest BCUT2D eigenvalue weighted by Gasteiger charge is -2.19. The Labute approximate surface area is 201 Å². The highest BCUT2D eigenvalue weighted by Gasteiger charge is 2.15. The highest BCUT2D eigenvalue weighted by atomic mass is 32.2. The molecule has 0 bridgehead atoms. The summed E-state index contributed by atoms with van der Waals surface area (Å²) in [6.07, 6.45) is 0.767. The molecule has 33 heavy (non-hydrogen) atoms. The zero-order valence-corrected chi connectivity index (χ0v) is 20.7. The number of rotatable bonds is 6. The van der Waals surface area contributed by atoms with E-state index in [9.17, 15) is 9.59 Å². The molecule has 2 heterocycles. The number of hydrogen-bond acceptors (Lipinski definition) is 6. The monoisotopic (exact) mass is 478 g/mol. The molecule has 8 heteroatoms. The molecule has 0 aliphatic carbocycles. The molecule has 2 aromatic carbocycles. The van der Waals surface area contributed by atoms with Crippen LogP contribution in [0.25, 0.3) is 4.96 Å². The van der Waals surface area contributed by atoms with Gasteiger partial charge in [0.05, 0.1) is 11.4 Å². The standard InChI is InChI=1S/C25H26N4O2S2/c1-5-21-28-29-22(30)14-18(26-24(29)33-21)15-32-20-9-7-6-8-19(20)27-23(31)16-10-12-17(13-11-16)25(2,3)4/h6-14H,5,15H2,1-4H3,(H,27,31). The van der Waals surface area contributed by atoms with Crippen molar-refractivity contribution in [3.05, 3.63) is 86.8 Å². The summed E-state index contributed by atoms with van der Waals surface area (Å²) in [5, 5.41) is 8.19. The fourth-order valence-corrected chi connectivity index (χ4v) is 5.03. The second kappa shape index (κ2) is 9.49. The highest BCUT2D eigenvalue weighted by Crippen LogP contribution is 2.30. The molecule has 4 rings (SSSR count). The molecule has 170 valence electrons. The van der Waals surface area contributed by atoms with Crippen molar-refractivity contribution in [2.75, 3.05) is 5.32 Å². The van der Waals surface area contributed by atoms with Crippen LogP contribution in [0.1, 0.15) is 54.3 Å². The van der Waals surface area contributed by atoms with Gasteiger partial charge in [-0.3, -0.25) is 9.59 Å². The number of aryl methyl sites for hydroxylation is 1. The number of aromatic nitrogens is 3. The molecule has 0 aliphatic rings. The van der Waals surface area contributed by atoms with Crippen LogP contribution in [0.3, 0.4) is 0 Å². The number of para-hydroxylation sites is 1. The molecular formula is C25H26N4O2S2. The summed E-state index contributed by atoms with van der Waals surface area (Å²) in [6, 6.07) is 16.9. The zero-order valence-electron chi connectivity index (χ0n) is 19.1. The maximum absolute atomic E-state index is 12.8. The smallest absolute Gasteiger partial charge is 0.275 e. The predicted molar refractivity (Wildman–Crippen MR) is 136 cm³/mol. The van der Waals surface area contributed by atoms with Gasteiger partial charge in [0.15, 0.2) is 0 Å². The van der Waals surface area contributed by atoms with Crippen LogP contribution in [-0.2, 0) is 17.6 Å². The van der Waals surface area contributed by atoms with Crippen LogP contribution in [0, 0.1) is 0 Å². The maximum atomic E-state index is 12.8. The number of nitrogens with one attached hydrogen (secondary N) is 1. The molecule has 0 atom stereocenters. The Morgan fingerprint density at radius 2 is 1.85 bits per heavy atom. The third-order valence-corrected chi connectivity index (χ3v) is 7.33. The Balaban J connectivity index is 1.49. The van der Waals surface area contributed by atoms with Crippen LogP contribution in [-0.4, -0.2) is 20.5 Å². The summed E-state index contributed by atoms with van der Waals surface area (Å²) in [6.45, 7) is 8.45. The second-order valence-corrected chi connectivity index (χ2v) is 10.8. The van der Waals surface area contributed by atoms with Crippen LogP contribution in [0.15, 0.2) is 64.3 Å². The number of hydrogen-bond donors (Lipinski definition) is 1. The third kappa shape index (κ3) is 5.34. The Morgan fingerprint density at radius 3 is 2.55 bits per heavy atom. The van der Waals surface area contributed by atoms with Crippen LogP contribution < -0.4 is 10.9 Å². The Morgan fingerprint density at radius 1 is 1.12 bits per heavy atom. The molecular weight excluding hydrogens is 452 g/mol. The van der Waals surface area contributed by atoms with Gasteiger partial charge < -0.3 is 5.32 Å². The summed E-state index contributed by atoms with van der Waals surface area (Å²) < 4.78 is 1.36. The topological polar surface area (TPSA) is 76.4 Å². The van der Waals surface area contributed by atoms with Crippen molar-refractivity contribution >= 4 is 39.7 Å². The minimum absolute atomic E-state index is 0.0367. The van der Waals surface area contributed by atoms with Crippen molar-refractivity contribution in [3.63, 3.8) is 0 Å². The molecule has 0 spiro atoms. The van der Waals surface area contributed by atoms with Crippen LogP contribution >= 0.6 is 23.1 Å². The molecule has 0 aliphatic heterocycles. The Hall–Kier alpha value is -2.97. The van der Waals surface area contributed by atoms with Gasteiger partial charge in [-0.2, -0.15) is 9.61 Å². The SMILES string of the molecule is CCc1nn2c(=O)cc(CSc3ccccc3NC(=O)c3ccc(C(C)(C)C)cc3)nc2s1. The van der Waals surface area contributed by atoms with Gasteiger partial charge in [-0.25, -0.2) is 4.98 Å². The zero-order chi connectivity index (χ0) is 23.6. The molecule has 0 saturated carbocycles. The van der Waals surface area contributed by atoms with Crippen molar-refractivity contribution in [2.24, 2.45) is 0 Å². The second-order valence-electron chi connectivity index (χ2n) is 8.70. The van der Waals surface area contributed by atoms with Crippen LogP contribution in [0.5, 0.6) is 0 Å². The van der Waals surface area contributed by atoms with Gasteiger partial charge in [0, 0.05) is 22.3 Å². The lowest BCUT2D eigenvalue weighted by Crippen LogP contribution is -2.15. The first kappa shape index (κ1) is 23.2. The predicted octanol–water partition coefficient (Wildman–Crippen LogP) is 5.56. The number of carbonyl (C=O) groups excluding carboxylic acids is 1.